The van der Waals surface area contributed by atoms with E-state index in [0.29, 0.717) is 11.8 Å². The van der Waals surface area contributed by atoms with Gasteiger partial charge in [-0.15, -0.1) is 0 Å². The fraction of sp³-hybridized carbons (Fsp3) is 0.722. The molecule has 1 fully saturated rings. The van der Waals surface area contributed by atoms with Crippen LogP contribution in [-0.2, 0) is 4.74 Å². The van der Waals surface area contributed by atoms with E-state index in [1.165, 1.54) is 5.69 Å². The minimum atomic E-state index is 0.105. The average molecular weight is 305 g/mol. The van der Waals surface area contributed by atoms with Gasteiger partial charge in [-0.2, -0.15) is 0 Å². The van der Waals surface area contributed by atoms with Crippen molar-refractivity contribution < 1.29 is 4.74 Å². The van der Waals surface area contributed by atoms with Gasteiger partial charge in [0, 0.05) is 30.2 Å². The first-order valence-corrected chi connectivity index (χ1v) is 8.28. The van der Waals surface area contributed by atoms with Crippen LogP contribution in [0.15, 0.2) is 18.3 Å². The van der Waals surface area contributed by atoms with Crippen LogP contribution < -0.4 is 4.90 Å². The Morgan fingerprint density at radius 2 is 2.05 bits per heavy atom. The lowest BCUT2D eigenvalue weighted by atomic mass is 9.86. The van der Waals surface area contributed by atoms with Crippen LogP contribution in [-0.4, -0.2) is 55.8 Å². The Morgan fingerprint density at radius 1 is 1.32 bits per heavy atom. The largest absolute Gasteiger partial charge is 0.379 e. The number of rotatable bonds is 4. The van der Waals surface area contributed by atoms with Crippen LogP contribution in [0.4, 0.5) is 5.69 Å². The summed E-state index contributed by atoms with van der Waals surface area (Å²) in [5.74, 6) is 0.941. The molecular weight excluding hydrogens is 274 g/mol. The molecule has 4 heteroatoms. The predicted molar refractivity (Wildman–Crippen MR) is 92.6 cm³/mol. The van der Waals surface area contributed by atoms with Gasteiger partial charge < -0.3 is 14.5 Å². The van der Waals surface area contributed by atoms with Gasteiger partial charge in [-0.3, -0.25) is 4.98 Å². The highest BCUT2D eigenvalue weighted by atomic mass is 16.5. The highest BCUT2D eigenvalue weighted by Gasteiger charge is 2.34. The minimum Gasteiger partial charge on any atom is -0.379 e. The highest BCUT2D eigenvalue weighted by Crippen LogP contribution is 2.27. The molecule has 0 aromatic carbocycles. The van der Waals surface area contributed by atoms with Gasteiger partial charge in [-0.05, 0) is 46.0 Å². The van der Waals surface area contributed by atoms with Crippen molar-refractivity contribution in [1.82, 2.24) is 9.88 Å². The monoisotopic (exact) mass is 305 g/mol. The molecule has 1 aromatic heterocycles. The normalized spacial score (nSPS) is 20.5. The van der Waals surface area contributed by atoms with Gasteiger partial charge in [-0.25, -0.2) is 0 Å². The van der Waals surface area contributed by atoms with Gasteiger partial charge in [0.25, 0.3) is 0 Å². The van der Waals surface area contributed by atoms with E-state index in [2.05, 4.69) is 68.7 Å². The van der Waals surface area contributed by atoms with Crippen molar-refractivity contribution in [3.63, 3.8) is 0 Å². The maximum absolute atomic E-state index is 5.87. The smallest absolute Gasteiger partial charge is 0.0641 e. The molecule has 0 spiro atoms. The van der Waals surface area contributed by atoms with E-state index in [9.17, 15) is 0 Å². The third kappa shape index (κ3) is 3.79. The molecule has 0 amide bonds. The van der Waals surface area contributed by atoms with Gasteiger partial charge in [-0.1, -0.05) is 13.8 Å². The summed E-state index contributed by atoms with van der Waals surface area (Å²) in [6, 6.07) is 4.35. The summed E-state index contributed by atoms with van der Waals surface area (Å²) < 4.78 is 5.87. The molecule has 2 heterocycles. The van der Waals surface area contributed by atoms with Crippen LogP contribution in [0.5, 0.6) is 0 Å². The van der Waals surface area contributed by atoms with E-state index >= 15 is 0 Å². The minimum absolute atomic E-state index is 0.105. The van der Waals surface area contributed by atoms with E-state index in [4.69, 9.17) is 4.74 Å². The van der Waals surface area contributed by atoms with Gasteiger partial charge in [0.1, 0.15) is 0 Å². The maximum Gasteiger partial charge on any atom is 0.0641 e. The summed E-state index contributed by atoms with van der Waals surface area (Å²) in [5.41, 5.74) is 2.46. The number of pyridine rings is 1. The van der Waals surface area contributed by atoms with Gasteiger partial charge in [0.05, 0.1) is 25.1 Å². The second kappa shape index (κ2) is 6.97. The Bertz CT molecular complexity index is 468. The van der Waals surface area contributed by atoms with Crippen LogP contribution in [0.3, 0.4) is 0 Å². The molecule has 0 aliphatic carbocycles. The second-order valence-corrected chi connectivity index (χ2v) is 7.36. The molecule has 1 atom stereocenters. The molecule has 0 radical (unpaired) electrons. The van der Waals surface area contributed by atoms with Crippen LogP contribution in [0.2, 0.25) is 0 Å². The van der Waals surface area contributed by atoms with Crippen molar-refractivity contribution in [1.29, 1.82) is 0 Å². The average Bonchev–Trinajstić information content (AvgIpc) is 2.73. The van der Waals surface area contributed by atoms with Crippen molar-refractivity contribution in [2.45, 2.75) is 39.2 Å². The lowest BCUT2D eigenvalue weighted by Gasteiger charge is -2.41. The molecule has 4 nitrogen and oxygen atoms in total. The van der Waals surface area contributed by atoms with Gasteiger partial charge in [0.15, 0.2) is 0 Å². The molecule has 1 saturated heterocycles. The molecular formula is C18H31N3O. The first-order valence-electron chi connectivity index (χ1n) is 8.28. The van der Waals surface area contributed by atoms with Crippen molar-refractivity contribution in [3.8, 4) is 0 Å². The predicted octanol–water partition coefficient (Wildman–Crippen LogP) is 3.00. The molecule has 1 aromatic rings. The summed E-state index contributed by atoms with van der Waals surface area (Å²) in [6.07, 6.45) is 2.01. The molecule has 1 aliphatic rings. The van der Waals surface area contributed by atoms with E-state index in [0.717, 1.165) is 32.0 Å². The number of anilines is 1. The molecule has 22 heavy (non-hydrogen) atoms. The third-order valence-corrected chi connectivity index (χ3v) is 5.14. The summed E-state index contributed by atoms with van der Waals surface area (Å²) >= 11 is 0. The summed E-state index contributed by atoms with van der Waals surface area (Å²) in [7, 11) is 4.29. The van der Waals surface area contributed by atoms with Crippen molar-refractivity contribution in [3.05, 3.63) is 24.0 Å². The SMILES string of the molecule is CC(C)c1ccc(N2CCOC[C@@H](C(C)(C)N(C)C)C2)cn1. The molecule has 124 valence electrons. The zero-order valence-corrected chi connectivity index (χ0v) is 15.0. The fourth-order valence-corrected chi connectivity index (χ4v) is 2.76. The Hall–Kier alpha value is -1.13. The van der Waals surface area contributed by atoms with E-state index in [1.807, 2.05) is 6.20 Å². The highest BCUT2D eigenvalue weighted by molar-refractivity contribution is 5.45. The van der Waals surface area contributed by atoms with E-state index in [-0.39, 0.29) is 5.54 Å². The zero-order valence-electron chi connectivity index (χ0n) is 15.0. The molecule has 0 saturated carbocycles. The topological polar surface area (TPSA) is 28.6 Å². The van der Waals surface area contributed by atoms with E-state index < -0.39 is 0 Å². The quantitative estimate of drug-likeness (QED) is 0.855. The van der Waals surface area contributed by atoms with Crippen LogP contribution in [0.1, 0.15) is 39.3 Å². The first-order chi connectivity index (χ1) is 10.3. The fourth-order valence-electron chi connectivity index (χ4n) is 2.76. The second-order valence-electron chi connectivity index (χ2n) is 7.36. The number of nitrogens with zero attached hydrogens (tertiary/aromatic N) is 3. The zero-order chi connectivity index (χ0) is 16.3. The molecule has 0 N–H and O–H groups in total. The summed E-state index contributed by atoms with van der Waals surface area (Å²) in [6.45, 7) is 12.5. The standard InChI is InChI=1S/C18H31N3O/c1-14(2)17-8-7-16(11-19-17)21-9-10-22-13-15(12-21)18(3,4)20(5)6/h7-8,11,14-15H,9-10,12-13H2,1-6H3/t15-/m0/s1. The number of hydrogen-bond acceptors (Lipinski definition) is 4. The van der Waals surface area contributed by atoms with Crippen molar-refractivity contribution >= 4 is 5.69 Å². The van der Waals surface area contributed by atoms with Gasteiger partial charge in [0.2, 0.25) is 0 Å². The number of aromatic nitrogens is 1. The molecule has 0 bridgehead atoms. The Morgan fingerprint density at radius 3 is 2.59 bits per heavy atom. The third-order valence-electron chi connectivity index (χ3n) is 5.14. The molecule has 1 aliphatic heterocycles. The lowest BCUT2D eigenvalue weighted by Crippen LogP contribution is -2.50. The van der Waals surface area contributed by atoms with Crippen molar-refractivity contribution in [2.75, 3.05) is 45.3 Å². The molecule has 0 unspecified atom stereocenters. The van der Waals surface area contributed by atoms with Crippen molar-refractivity contribution in [2.24, 2.45) is 5.92 Å². The van der Waals surface area contributed by atoms with Gasteiger partial charge >= 0.3 is 0 Å². The van der Waals surface area contributed by atoms with Crippen LogP contribution >= 0.6 is 0 Å². The Balaban J connectivity index is 2.16. The Labute approximate surface area is 135 Å². The summed E-state index contributed by atoms with van der Waals surface area (Å²) in [4.78, 5) is 9.33. The maximum atomic E-state index is 5.87. The Kier molecular flexibility index (Phi) is 5.45. The number of ether oxygens (including phenoxy) is 1. The molecule has 2 rings (SSSR count). The van der Waals surface area contributed by atoms with Crippen LogP contribution in [0, 0.1) is 5.92 Å². The van der Waals surface area contributed by atoms with Crippen LogP contribution in [0.25, 0.3) is 0 Å². The van der Waals surface area contributed by atoms with E-state index in [1.54, 1.807) is 0 Å². The summed E-state index contributed by atoms with van der Waals surface area (Å²) in [5, 5.41) is 0. The number of hydrogen-bond donors (Lipinski definition) is 0. The lowest BCUT2D eigenvalue weighted by molar-refractivity contribution is 0.0457. The first kappa shape index (κ1) is 17.2.